The van der Waals surface area contributed by atoms with Crippen molar-refractivity contribution in [3.05, 3.63) is 60.1 Å². The topological polar surface area (TPSA) is 142 Å². The number of aromatic hydroxyl groups is 1. The zero-order chi connectivity index (χ0) is 24.6. The van der Waals surface area contributed by atoms with Crippen molar-refractivity contribution in [2.45, 2.75) is 5.03 Å². The summed E-state index contributed by atoms with van der Waals surface area (Å²) >= 11 is 5.96. The molecule has 0 spiro atoms. The average molecular weight is 515 g/mol. The van der Waals surface area contributed by atoms with Crippen molar-refractivity contribution in [3.8, 4) is 22.9 Å². The number of carbonyl (C=O) groups is 1. The van der Waals surface area contributed by atoms with E-state index in [9.17, 15) is 18.3 Å². The van der Waals surface area contributed by atoms with Crippen LogP contribution in [-0.4, -0.2) is 74.9 Å². The Morgan fingerprint density at radius 1 is 1.03 bits per heavy atom. The lowest BCUT2D eigenvalue weighted by atomic mass is 10.1. The summed E-state index contributed by atoms with van der Waals surface area (Å²) in [5, 5.41) is 10.9. The van der Waals surface area contributed by atoms with Gasteiger partial charge in [0.1, 0.15) is 0 Å². The molecule has 1 aliphatic rings. The highest BCUT2D eigenvalue weighted by molar-refractivity contribution is 7.89. The molecule has 5 rings (SSSR count). The summed E-state index contributed by atoms with van der Waals surface area (Å²) in [5.41, 5.74) is 2.07. The maximum absolute atomic E-state index is 13.1. The molecule has 1 fully saturated rings. The number of halogens is 1. The Hall–Kier alpha value is -3.74. The molecule has 3 aromatic heterocycles. The zero-order valence-electron chi connectivity index (χ0n) is 18.1. The number of piperazine rings is 1. The molecule has 35 heavy (non-hydrogen) atoms. The van der Waals surface area contributed by atoms with Gasteiger partial charge in [0, 0.05) is 66.9 Å². The second-order valence-corrected chi connectivity index (χ2v) is 10.1. The standard InChI is InChI=1S/C22H19ClN6O5S/c23-16-1-2-18-17(11-16)19(30)20(27-18)35(32,33)29-9-7-28(8-10-29)22(31)34-21-25-12-15(13-26-21)14-3-5-24-6-4-14/h1-6,11-13,27,30H,7-10H2. The van der Waals surface area contributed by atoms with Crippen LogP contribution in [0.25, 0.3) is 22.0 Å². The molecule has 0 atom stereocenters. The first-order valence-electron chi connectivity index (χ1n) is 10.5. The van der Waals surface area contributed by atoms with Gasteiger partial charge in [-0.05, 0) is 35.9 Å². The van der Waals surface area contributed by atoms with Crippen LogP contribution in [0.4, 0.5) is 4.79 Å². The lowest BCUT2D eigenvalue weighted by Crippen LogP contribution is -2.51. The predicted octanol–water partition coefficient (Wildman–Crippen LogP) is 2.88. The first-order chi connectivity index (χ1) is 16.8. The summed E-state index contributed by atoms with van der Waals surface area (Å²) in [6.07, 6.45) is 5.70. The molecule has 11 nitrogen and oxygen atoms in total. The summed E-state index contributed by atoms with van der Waals surface area (Å²) in [5.74, 6) is -0.392. The van der Waals surface area contributed by atoms with Crippen molar-refractivity contribution in [1.29, 1.82) is 0 Å². The van der Waals surface area contributed by atoms with Gasteiger partial charge in [-0.3, -0.25) is 4.98 Å². The number of fused-ring (bicyclic) bond motifs is 1. The fourth-order valence-corrected chi connectivity index (χ4v) is 5.42. The van der Waals surface area contributed by atoms with Crippen LogP contribution in [0.5, 0.6) is 11.8 Å². The highest BCUT2D eigenvalue weighted by Gasteiger charge is 2.34. The molecule has 0 bridgehead atoms. The fraction of sp³-hybridized carbons (Fsp3) is 0.182. The van der Waals surface area contributed by atoms with Crippen LogP contribution in [0.3, 0.4) is 0 Å². The predicted molar refractivity (Wildman–Crippen MR) is 127 cm³/mol. The molecule has 0 radical (unpaired) electrons. The number of pyridine rings is 1. The Bertz CT molecular complexity index is 1490. The van der Waals surface area contributed by atoms with E-state index in [1.54, 1.807) is 24.5 Å². The van der Waals surface area contributed by atoms with Gasteiger partial charge in [-0.1, -0.05) is 11.6 Å². The van der Waals surface area contributed by atoms with Crippen molar-refractivity contribution in [2.75, 3.05) is 26.2 Å². The zero-order valence-corrected chi connectivity index (χ0v) is 19.7. The maximum atomic E-state index is 13.1. The van der Waals surface area contributed by atoms with Gasteiger partial charge in [0.25, 0.3) is 10.0 Å². The van der Waals surface area contributed by atoms with Gasteiger partial charge in [-0.25, -0.2) is 23.2 Å². The molecule has 1 aromatic carbocycles. The van der Waals surface area contributed by atoms with E-state index >= 15 is 0 Å². The molecule has 1 saturated heterocycles. The van der Waals surface area contributed by atoms with E-state index in [2.05, 4.69) is 19.9 Å². The number of sulfonamides is 1. The molecule has 1 amide bonds. The number of hydrogen-bond donors (Lipinski definition) is 2. The number of benzene rings is 1. The molecular weight excluding hydrogens is 496 g/mol. The first kappa shape index (κ1) is 23.0. The largest absolute Gasteiger partial charge is 0.504 e. The van der Waals surface area contributed by atoms with Crippen molar-refractivity contribution < 1.29 is 23.1 Å². The Balaban J connectivity index is 1.23. The monoisotopic (exact) mass is 514 g/mol. The van der Waals surface area contributed by atoms with E-state index in [1.165, 1.54) is 27.7 Å². The number of amides is 1. The number of carbonyl (C=O) groups excluding carboxylic acids is 1. The van der Waals surface area contributed by atoms with Gasteiger partial charge in [-0.2, -0.15) is 4.31 Å². The summed E-state index contributed by atoms with van der Waals surface area (Å²) in [4.78, 5) is 28.8. The van der Waals surface area contributed by atoms with Gasteiger partial charge < -0.3 is 19.7 Å². The molecule has 0 unspecified atom stereocenters. The van der Waals surface area contributed by atoms with Gasteiger partial charge in [0.05, 0.1) is 5.52 Å². The maximum Gasteiger partial charge on any atom is 0.417 e. The van der Waals surface area contributed by atoms with Crippen molar-refractivity contribution >= 4 is 38.6 Å². The van der Waals surface area contributed by atoms with E-state index in [-0.39, 0.29) is 37.2 Å². The summed E-state index contributed by atoms with van der Waals surface area (Å²) in [6, 6.07) is 8.18. The van der Waals surface area contributed by atoms with Crippen LogP contribution in [0.15, 0.2) is 60.1 Å². The van der Waals surface area contributed by atoms with E-state index in [0.717, 1.165) is 11.1 Å². The molecule has 2 N–H and O–H groups in total. The highest BCUT2D eigenvalue weighted by atomic mass is 35.5. The van der Waals surface area contributed by atoms with Crippen LogP contribution in [0.1, 0.15) is 0 Å². The minimum atomic E-state index is -4.03. The minimum Gasteiger partial charge on any atom is -0.504 e. The number of ether oxygens (including phenoxy) is 1. The van der Waals surface area contributed by atoms with Gasteiger partial charge in [-0.15, -0.1) is 0 Å². The van der Waals surface area contributed by atoms with Crippen LogP contribution in [0, 0.1) is 0 Å². The normalized spacial score (nSPS) is 14.8. The summed E-state index contributed by atoms with van der Waals surface area (Å²) in [7, 11) is -4.03. The third kappa shape index (κ3) is 4.50. The SMILES string of the molecule is O=C(Oc1ncc(-c2ccncc2)cn1)N1CCN(S(=O)(=O)c2[nH]c3ccc(Cl)cc3c2O)CC1. The van der Waals surface area contributed by atoms with Crippen LogP contribution in [-0.2, 0) is 10.0 Å². The molecule has 180 valence electrons. The third-order valence-electron chi connectivity index (χ3n) is 5.62. The van der Waals surface area contributed by atoms with Crippen LogP contribution in [0.2, 0.25) is 5.02 Å². The van der Waals surface area contributed by atoms with E-state index < -0.39 is 21.9 Å². The number of aromatic nitrogens is 4. The quantitative estimate of drug-likeness (QED) is 0.423. The molecule has 13 heteroatoms. The van der Waals surface area contributed by atoms with Gasteiger partial charge >= 0.3 is 12.1 Å². The highest BCUT2D eigenvalue weighted by Crippen LogP contribution is 2.35. The third-order valence-corrected chi connectivity index (χ3v) is 7.71. The lowest BCUT2D eigenvalue weighted by molar-refractivity contribution is 0.129. The number of rotatable bonds is 4. The van der Waals surface area contributed by atoms with E-state index in [1.807, 2.05) is 12.1 Å². The number of hydrogen-bond acceptors (Lipinski definition) is 8. The van der Waals surface area contributed by atoms with E-state index in [4.69, 9.17) is 16.3 Å². The average Bonchev–Trinajstić information content (AvgIpc) is 3.21. The number of nitrogens with one attached hydrogen (secondary N) is 1. The Kier molecular flexibility index (Phi) is 6.01. The van der Waals surface area contributed by atoms with Gasteiger partial charge in [0.15, 0.2) is 10.8 Å². The smallest absolute Gasteiger partial charge is 0.417 e. The second kappa shape index (κ2) is 9.13. The summed E-state index contributed by atoms with van der Waals surface area (Å²) in [6.45, 7) is 0.240. The molecular formula is C22H19ClN6O5S. The Morgan fingerprint density at radius 2 is 1.71 bits per heavy atom. The van der Waals surface area contributed by atoms with Gasteiger partial charge in [0.2, 0.25) is 0 Å². The van der Waals surface area contributed by atoms with Crippen LogP contribution >= 0.6 is 11.6 Å². The molecule has 1 aliphatic heterocycles. The lowest BCUT2D eigenvalue weighted by Gasteiger charge is -2.32. The number of aromatic amines is 1. The molecule has 0 aliphatic carbocycles. The fourth-order valence-electron chi connectivity index (χ4n) is 3.76. The Labute approximate surface area is 205 Å². The Morgan fingerprint density at radius 3 is 2.40 bits per heavy atom. The number of H-pyrrole nitrogens is 1. The molecule has 0 saturated carbocycles. The summed E-state index contributed by atoms with van der Waals surface area (Å²) < 4.78 is 32.7. The van der Waals surface area contributed by atoms with Crippen molar-refractivity contribution in [2.24, 2.45) is 0 Å². The number of nitrogens with zero attached hydrogens (tertiary/aromatic N) is 5. The van der Waals surface area contributed by atoms with Crippen molar-refractivity contribution in [1.82, 2.24) is 29.1 Å². The van der Waals surface area contributed by atoms with E-state index in [0.29, 0.717) is 15.9 Å². The minimum absolute atomic E-state index is 0.0227. The molecule has 4 aromatic rings. The second-order valence-electron chi connectivity index (χ2n) is 7.74. The van der Waals surface area contributed by atoms with Crippen LogP contribution < -0.4 is 4.74 Å². The molecule has 4 heterocycles. The van der Waals surface area contributed by atoms with Crippen molar-refractivity contribution in [3.63, 3.8) is 0 Å². The first-order valence-corrected chi connectivity index (χ1v) is 12.3.